The summed E-state index contributed by atoms with van der Waals surface area (Å²) in [6, 6.07) is 14.4. The van der Waals surface area contributed by atoms with Crippen molar-refractivity contribution in [1.82, 2.24) is 4.90 Å². The Morgan fingerprint density at radius 1 is 1.04 bits per heavy atom. The summed E-state index contributed by atoms with van der Waals surface area (Å²) in [7, 11) is 0. The smallest absolute Gasteiger partial charge is 0.255 e. The first kappa shape index (κ1) is 17.5. The van der Waals surface area contributed by atoms with E-state index in [-0.39, 0.29) is 11.8 Å². The predicted octanol–water partition coefficient (Wildman–Crippen LogP) is 4.03. The van der Waals surface area contributed by atoms with Crippen molar-refractivity contribution >= 4 is 40.1 Å². The highest BCUT2D eigenvalue weighted by molar-refractivity contribution is 14.1. The van der Waals surface area contributed by atoms with E-state index >= 15 is 0 Å². The van der Waals surface area contributed by atoms with Crippen LogP contribution in [0, 0.1) is 3.57 Å². The first-order valence-electron chi connectivity index (χ1n) is 7.52. The summed E-state index contributed by atoms with van der Waals surface area (Å²) in [4.78, 5) is 26.7. The Labute approximate surface area is 150 Å². The molecule has 2 aromatic rings. The zero-order valence-corrected chi connectivity index (χ0v) is 15.3. The van der Waals surface area contributed by atoms with E-state index in [0.29, 0.717) is 29.9 Å². The second-order valence-electron chi connectivity index (χ2n) is 4.99. The van der Waals surface area contributed by atoms with Gasteiger partial charge in [0.05, 0.1) is 11.3 Å². The quantitative estimate of drug-likeness (QED) is 0.740. The van der Waals surface area contributed by atoms with Gasteiger partial charge in [-0.3, -0.25) is 9.59 Å². The number of carbonyl (C=O) groups is 2. The lowest BCUT2D eigenvalue weighted by molar-refractivity contribution is 0.0774. The number of benzene rings is 2. The van der Waals surface area contributed by atoms with Crippen LogP contribution in [0.5, 0.6) is 0 Å². The predicted molar refractivity (Wildman–Crippen MR) is 101 cm³/mol. The molecular weight excluding hydrogens is 403 g/mol. The Hall–Kier alpha value is -1.89. The van der Waals surface area contributed by atoms with Gasteiger partial charge in [0.25, 0.3) is 11.8 Å². The van der Waals surface area contributed by atoms with Crippen LogP contribution < -0.4 is 5.32 Å². The fourth-order valence-electron chi connectivity index (χ4n) is 2.28. The minimum absolute atomic E-state index is 0.0754. The molecule has 0 heterocycles. The zero-order valence-electron chi connectivity index (χ0n) is 13.2. The molecule has 23 heavy (non-hydrogen) atoms. The molecule has 0 unspecified atom stereocenters. The van der Waals surface area contributed by atoms with Crippen molar-refractivity contribution < 1.29 is 9.59 Å². The Morgan fingerprint density at radius 3 is 2.39 bits per heavy atom. The van der Waals surface area contributed by atoms with E-state index in [0.717, 1.165) is 3.57 Å². The largest absolute Gasteiger partial charge is 0.339 e. The molecule has 1 N–H and O–H groups in total. The van der Waals surface area contributed by atoms with Crippen molar-refractivity contribution in [1.29, 1.82) is 0 Å². The summed E-state index contributed by atoms with van der Waals surface area (Å²) >= 11 is 2.16. The van der Waals surface area contributed by atoms with E-state index < -0.39 is 0 Å². The van der Waals surface area contributed by atoms with Gasteiger partial charge in [0.2, 0.25) is 0 Å². The van der Waals surface area contributed by atoms with Crippen LogP contribution >= 0.6 is 22.6 Å². The number of nitrogens with zero attached hydrogens (tertiary/aromatic N) is 1. The molecule has 0 radical (unpaired) electrons. The van der Waals surface area contributed by atoms with E-state index in [1.165, 1.54) is 0 Å². The molecular formula is C18H19IN2O2. The first-order valence-corrected chi connectivity index (χ1v) is 8.59. The van der Waals surface area contributed by atoms with E-state index in [9.17, 15) is 9.59 Å². The number of rotatable bonds is 5. The summed E-state index contributed by atoms with van der Waals surface area (Å²) < 4.78 is 0.989. The fraction of sp³-hybridized carbons (Fsp3) is 0.222. The van der Waals surface area contributed by atoms with Crippen LogP contribution in [-0.2, 0) is 0 Å². The molecule has 2 amide bonds. The summed E-state index contributed by atoms with van der Waals surface area (Å²) in [5.74, 6) is -0.295. The molecule has 0 spiro atoms. The van der Waals surface area contributed by atoms with Crippen LogP contribution in [0.25, 0.3) is 0 Å². The standard InChI is InChI=1S/C18H19IN2O2/c1-3-21(4-2)18(23)15-10-5-6-11-16(15)20-17(22)13-8-7-9-14(19)12-13/h5-12H,3-4H2,1-2H3,(H,20,22). The van der Waals surface area contributed by atoms with E-state index in [1.807, 2.05) is 38.1 Å². The lowest BCUT2D eigenvalue weighted by Gasteiger charge is -2.20. The van der Waals surface area contributed by atoms with Gasteiger partial charge < -0.3 is 10.2 Å². The van der Waals surface area contributed by atoms with Crippen LogP contribution in [0.15, 0.2) is 48.5 Å². The van der Waals surface area contributed by atoms with Crippen molar-refractivity contribution in [3.05, 3.63) is 63.2 Å². The van der Waals surface area contributed by atoms with Crippen molar-refractivity contribution in [2.24, 2.45) is 0 Å². The molecule has 0 fully saturated rings. The number of nitrogens with one attached hydrogen (secondary N) is 1. The second-order valence-corrected chi connectivity index (χ2v) is 6.23. The number of para-hydroxylation sites is 1. The molecule has 2 aromatic carbocycles. The lowest BCUT2D eigenvalue weighted by atomic mass is 10.1. The van der Waals surface area contributed by atoms with Gasteiger partial charge in [0.15, 0.2) is 0 Å². The lowest BCUT2D eigenvalue weighted by Crippen LogP contribution is -2.31. The van der Waals surface area contributed by atoms with Gasteiger partial charge in [-0.05, 0) is 66.8 Å². The molecule has 4 nitrogen and oxygen atoms in total. The molecule has 0 bridgehead atoms. The number of anilines is 1. The molecule has 120 valence electrons. The van der Waals surface area contributed by atoms with E-state index in [4.69, 9.17) is 0 Å². The first-order chi connectivity index (χ1) is 11.1. The summed E-state index contributed by atoms with van der Waals surface area (Å²) in [6.07, 6.45) is 0. The molecule has 5 heteroatoms. The Balaban J connectivity index is 2.27. The molecule has 0 aliphatic heterocycles. The van der Waals surface area contributed by atoms with Gasteiger partial charge in [-0.25, -0.2) is 0 Å². The highest BCUT2D eigenvalue weighted by Crippen LogP contribution is 2.19. The molecule has 0 atom stereocenters. The monoisotopic (exact) mass is 422 g/mol. The highest BCUT2D eigenvalue weighted by atomic mass is 127. The van der Waals surface area contributed by atoms with E-state index in [1.54, 1.807) is 29.2 Å². The van der Waals surface area contributed by atoms with Crippen LogP contribution in [0.4, 0.5) is 5.69 Å². The van der Waals surface area contributed by atoms with Crippen LogP contribution in [0.3, 0.4) is 0 Å². The number of carbonyl (C=O) groups excluding carboxylic acids is 2. The highest BCUT2D eigenvalue weighted by Gasteiger charge is 2.17. The number of amides is 2. The molecule has 2 rings (SSSR count). The number of hydrogen-bond acceptors (Lipinski definition) is 2. The van der Waals surface area contributed by atoms with Crippen molar-refractivity contribution in [3.8, 4) is 0 Å². The molecule has 0 aliphatic rings. The summed E-state index contributed by atoms with van der Waals surface area (Å²) in [5.41, 5.74) is 1.62. The van der Waals surface area contributed by atoms with Crippen LogP contribution in [0.1, 0.15) is 34.6 Å². The minimum atomic E-state index is -0.219. The van der Waals surface area contributed by atoms with Crippen molar-refractivity contribution in [2.75, 3.05) is 18.4 Å². The van der Waals surface area contributed by atoms with Crippen LogP contribution in [0.2, 0.25) is 0 Å². The third-order valence-corrected chi connectivity index (χ3v) is 4.21. The second kappa shape index (κ2) is 8.10. The summed E-state index contributed by atoms with van der Waals surface area (Å²) in [6.45, 7) is 5.14. The van der Waals surface area contributed by atoms with Gasteiger partial charge in [-0.2, -0.15) is 0 Å². The average Bonchev–Trinajstić information content (AvgIpc) is 2.56. The number of halogens is 1. The van der Waals surface area contributed by atoms with Crippen molar-refractivity contribution in [2.45, 2.75) is 13.8 Å². The maximum Gasteiger partial charge on any atom is 0.255 e. The SMILES string of the molecule is CCN(CC)C(=O)c1ccccc1NC(=O)c1cccc(I)c1. The molecule has 0 aromatic heterocycles. The van der Waals surface area contributed by atoms with Gasteiger partial charge in [-0.15, -0.1) is 0 Å². The van der Waals surface area contributed by atoms with Gasteiger partial charge in [0, 0.05) is 22.2 Å². The Bertz CT molecular complexity index is 712. The minimum Gasteiger partial charge on any atom is -0.339 e. The molecule has 0 saturated carbocycles. The normalized spacial score (nSPS) is 10.2. The van der Waals surface area contributed by atoms with Gasteiger partial charge in [-0.1, -0.05) is 18.2 Å². The zero-order chi connectivity index (χ0) is 16.8. The Morgan fingerprint density at radius 2 is 1.74 bits per heavy atom. The molecule has 0 saturated heterocycles. The maximum absolute atomic E-state index is 12.6. The topological polar surface area (TPSA) is 49.4 Å². The van der Waals surface area contributed by atoms with E-state index in [2.05, 4.69) is 27.9 Å². The summed E-state index contributed by atoms with van der Waals surface area (Å²) in [5, 5.41) is 2.85. The molecule has 0 aliphatic carbocycles. The average molecular weight is 422 g/mol. The third-order valence-electron chi connectivity index (χ3n) is 3.54. The van der Waals surface area contributed by atoms with Gasteiger partial charge in [0.1, 0.15) is 0 Å². The fourth-order valence-corrected chi connectivity index (χ4v) is 2.83. The Kier molecular flexibility index (Phi) is 6.15. The maximum atomic E-state index is 12.6. The number of hydrogen-bond donors (Lipinski definition) is 1. The third kappa shape index (κ3) is 4.31. The van der Waals surface area contributed by atoms with Gasteiger partial charge >= 0.3 is 0 Å². The van der Waals surface area contributed by atoms with Crippen molar-refractivity contribution in [3.63, 3.8) is 0 Å². The van der Waals surface area contributed by atoms with Crippen LogP contribution in [-0.4, -0.2) is 29.8 Å².